The SMILES string of the molecule is CC(=O)C(CC(C)C)c1cc(-c2ccc(C(F)(F)F)cc2)cc(-c2ccc(S(C)(=O)=O)cc2)c1.COc1ccc(-c2cc(-c3ccc(C(F)(F)F)cc3)cc(C(CC(C)C)C(C)=O)c2)cc1.[C-]#[N+]c1cc(-c2cc(-c3ccc(C(F)(F)F)cc3)cc(C(CC(C)C)C(C)=O)c2)ccc1F.[C-]#[N+]c1ccc(-c2cc(-c3ccc(C(F)(F)F)cc3)cc(C(CC(C)C)C(C)=O)c2)cc1F. The first-order valence-electron chi connectivity index (χ1n) is 42.4. The number of nitrogens with zero attached hydrogens (tertiary/aromatic N) is 2. The average molecular weight is 1840 g/mol. The maximum absolute atomic E-state index is 14.3. The van der Waals surface area contributed by atoms with Crippen LogP contribution in [0.25, 0.3) is 98.7 Å². The molecule has 132 heavy (non-hydrogen) atoms. The number of methoxy groups -OCH3 is 1. The van der Waals surface area contributed by atoms with E-state index < -0.39 is 74.3 Å². The lowest BCUT2D eigenvalue weighted by molar-refractivity contribution is -0.138. The quantitative estimate of drug-likeness (QED) is 0.0391. The smallest absolute Gasteiger partial charge is 0.416 e. The van der Waals surface area contributed by atoms with E-state index in [1.54, 1.807) is 57.4 Å². The predicted molar refractivity (Wildman–Crippen MR) is 493 cm³/mol. The van der Waals surface area contributed by atoms with E-state index in [-0.39, 0.29) is 74.9 Å². The molecule has 0 radical (unpaired) electrons. The second-order valence-electron chi connectivity index (χ2n) is 34.4. The zero-order valence-corrected chi connectivity index (χ0v) is 76.0. The van der Waals surface area contributed by atoms with Gasteiger partial charge in [-0.3, -0.25) is 19.2 Å². The maximum Gasteiger partial charge on any atom is 0.416 e. The summed E-state index contributed by atoms with van der Waals surface area (Å²) in [6.45, 7) is 36.6. The minimum atomic E-state index is -4.44. The van der Waals surface area contributed by atoms with Crippen molar-refractivity contribution in [2.24, 2.45) is 23.7 Å². The Bertz CT molecular complexity index is 6280. The molecule has 0 saturated carbocycles. The van der Waals surface area contributed by atoms with Crippen molar-refractivity contribution in [1.82, 2.24) is 0 Å². The van der Waals surface area contributed by atoms with Gasteiger partial charge in [0.2, 0.25) is 11.4 Å². The average Bonchev–Trinajstić information content (AvgIpc) is 0.798. The van der Waals surface area contributed by atoms with E-state index in [1.165, 1.54) is 98.8 Å². The summed E-state index contributed by atoms with van der Waals surface area (Å²) in [5.41, 5.74) is 10.8. The van der Waals surface area contributed by atoms with Crippen molar-refractivity contribution in [2.75, 3.05) is 13.4 Å². The Hall–Kier alpha value is -12.9. The summed E-state index contributed by atoms with van der Waals surface area (Å²) in [4.78, 5) is 56.4. The van der Waals surface area contributed by atoms with Crippen LogP contribution < -0.4 is 4.74 Å². The summed E-state index contributed by atoms with van der Waals surface area (Å²) in [7, 11) is -1.75. The number of halogens is 14. The van der Waals surface area contributed by atoms with E-state index in [0.29, 0.717) is 92.8 Å². The van der Waals surface area contributed by atoms with Gasteiger partial charge in [0.15, 0.2) is 9.84 Å². The minimum absolute atomic E-state index is 0.0108. The van der Waals surface area contributed by atoms with E-state index in [4.69, 9.17) is 17.9 Å². The molecule has 0 aliphatic rings. The molecule has 0 bridgehead atoms. The Balaban J connectivity index is 0.000000198. The van der Waals surface area contributed by atoms with Crippen LogP contribution in [-0.2, 0) is 53.7 Å². The number of Topliss-reactive ketones (excluding diaryl/α,β-unsaturated/α-hetero) is 4. The number of hydrogen-bond donors (Lipinski definition) is 0. The zero-order chi connectivity index (χ0) is 97.4. The Kier molecular flexibility index (Phi) is 34.2. The van der Waals surface area contributed by atoms with Crippen LogP contribution in [0, 0.1) is 48.5 Å². The molecule has 24 heteroatoms. The number of ether oxygens (including phenoxy) is 1. The monoisotopic (exact) mass is 1830 g/mol. The largest absolute Gasteiger partial charge is 0.497 e. The molecule has 4 unspecified atom stereocenters. The van der Waals surface area contributed by atoms with Crippen molar-refractivity contribution >= 4 is 44.3 Å². The number of sulfone groups is 1. The Morgan fingerprint density at radius 2 is 0.515 bits per heavy atom. The summed E-state index contributed by atoms with van der Waals surface area (Å²) >= 11 is 0. The highest BCUT2D eigenvalue weighted by Crippen LogP contribution is 2.44. The topological polar surface area (TPSA) is 120 Å². The normalized spacial score (nSPS) is 12.7. The molecule has 12 aromatic carbocycles. The molecule has 9 nitrogen and oxygen atoms in total. The van der Waals surface area contributed by atoms with Crippen LogP contribution in [0.5, 0.6) is 5.75 Å². The zero-order valence-electron chi connectivity index (χ0n) is 75.1. The first-order chi connectivity index (χ1) is 61.8. The van der Waals surface area contributed by atoms with Gasteiger partial charge < -0.3 is 4.74 Å². The molecule has 0 aromatic heterocycles. The van der Waals surface area contributed by atoms with E-state index >= 15 is 0 Å². The fraction of sp³-hybridized carbons (Fsp3) is 0.278. The molecular weight excluding hydrogens is 1740 g/mol. The summed E-state index contributed by atoms with van der Waals surface area (Å²) < 4.78 is 213. The number of carbonyl (C=O) groups is 4. The summed E-state index contributed by atoms with van der Waals surface area (Å²) in [6.07, 6.45) is -14.0. The fourth-order valence-electron chi connectivity index (χ4n) is 15.4. The summed E-state index contributed by atoms with van der Waals surface area (Å²) in [5, 5.41) is 0. The van der Waals surface area contributed by atoms with E-state index in [0.717, 1.165) is 111 Å². The lowest BCUT2D eigenvalue weighted by atomic mass is 9.84. The molecule has 12 rings (SSSR count). The first kappa shape index (κ1) is 103. The number of ketones is 4. The molecule has 0 N–H and O–H groups in total. The molecule has 0 spiro atoms. The Labute approximate surface area is 761 Å². The van der Waals surface area contributed by atoms with Crippen molar-refractivity contribution in [3.63, 3.8) is 0 Å². The van der Waals surface area contributed by atoms with Gasteiger partial charge in [-0.25, -0.2) is 26.9 Å². The molecule has 0 aliphatic heterocycles. The molecule has 688 valence electrons. The van der Waals surface area contributed by atoms with Gasteiger partial charge in [0.05, 0.1) is 47.4 Å². The van der Waals surface area contributed by atoms with Gasteiger partial charge in [-0.2, -0.15) is 52.7 Å². The van der Waals surface area contributed by atoms with Crippen LogP contribution in [0.2, 0.25) is 0 Å². The maximum atomic E-state index is 14.3. The third-order valence-electron chi connectivity index (χ3n) is 22.2. The van der Waals surface area contributed by atoms with Crippen molar-refractivity contribution in [2.45, 2.75) is 162 Å². The molecule has 12 aromatic rings. The van der Waals surface area contributed by atoms with Gasteiger partial charge in [-0.15, -0.1) is 0 Å². The minimum Gasteiger partial charge on any atom is -0.497 e. The molecule has 0 heterocycles. The van der Waals surface area contributed by atoms with Crippen LogP contribution in [0.4, 0.5) is 72.8 Å². The second kappa shape index (κ2) is 43.9. The molecule has 0 fully saturated rings. The number of hydrogen-bond acceptors (Lipinski definition) is 7. The first-order valence-corrected chi connectivity index (χ1v) is 44.3. The van der Waals surface area contributed by atoms with Crippen molar-refractivity contribution in [3.8, 4) is 94.8 Å². The Morgan fingerprint density at radius 3 is 0.727 bits per heavy atom. The highest BCUT2D eigenvalue weighted by atomic mass is 32.2. The number of alkyl halides is 12. The van der Waals surface area contributed by atoms with Gasteiger partial charge in [0.1, 0.15) is 40.5 Å². The summed E-state index contributed by atoms with van der Waals surface area (Å²) in [5.74, 6) is -0.852. The predicted octanol–water partition coefficient (Wildman–Crippen LogP) is 31.8. The number of benzene rings is 12. The van der Waals surface area contributed by atoms with Crippen molar-refractivity contribution in [3.05, 3.63) is 334 Å². The van der Waals surface area contributed by atoms with Gasteiger partial charge in [0, 0.05) is 29.9 Å². The van der Waals surface area contributed by atoms with Crippen LogP contribution in [0.1, 0.15) is 177 Å². The van der Waals surface area contributed by atoms with Gasteiger partial charge in [-0.1, -0.05) is 195 Å². The molecule has 0 amide bonds. The highest BCUT2D eigenvalue weighted by Gasteiger charge is 2.35. The van der Waals surface area contributed by atoms with E-state index in [9.17, 15) is 89.1 Å². The van der Waals surface area contributed by atoms with Crippen LogP contribution in [-0.4, -0.2) is 44.9 Å². The molecule has 0 saturated heterocycles. The van der Waals surface area contributed by atoms with E-state index in [1.807, 2.05) is 126 Å². The third-order valence-corrected chi connectivity index (χ3v) is 23.4. The number of carbonyl (C=O) groups excluding carboxylic acids is 4. The highest BCUT2D eigenvalue weighted by molar-refractivity contribution is 7.90. The van der Waals surface area contributed by atoms with Crippen molar-refractivity contribution < 1.29 is 93.8 Å². The van der Waals surface area contributed by atoms with Crippen molar-refractivity contribution in [1.29, 1.82) is 0 Å². The van der Waals surface area contributed by atoms with Gasteiger partial charge >= 0.3 is 24.7 Å². The lowest BCUT2D eigenvalue weighted by Gasteiger charge is -2.19. The van der Waals surface area contributed by atoms with E-state index in [2.05, 4.69) is 23.5 Å². The fourth-order valence-corrected chi connectivity index (χ4v) is 16.0. The van der Waals surface area contributed by atoms with Gasteiger partial charge in [-0.05, 0) is 304 Å². The standard InChI is InChI=1S/2C27H23F4NO.C27H27F3O3S.C27H27F3O2/c1-16(2)11-24(17(3)33)22-13-20(18-5-8-23(9-6-18)27(29,30)31)12-21(14-22)19-7-10-26(32-4)25(28)15-19;1-16(2)11-24(17(3)33)22-13-20(18-5-8-23(9-6-18)27(29,30)31)12-21(14-22)19-7-10-25(28)26(15-19)32-4;1-17(2)13-26(18(3)31)23-15-21(19-5-9-24(10-6-19)27(28,29)30)14-22(16-23)20-7-11-25(12-8-20)34(4,32)33;1-17(2)13-26(18(3)31)23-15-21(19-5-9-24(10-6-19)27(28,29)30)14-22(16-23)20-7-11-25(32-4)12-8-20/h2*5-10,12-16,24H,11H2,1-3H3;5-12,14-17,26H,13H2,1-4H3;5-12,14-17,26H,13H2,1-4H3. The van der Waals surface area contributed by atoms with Gasteiger partial charge in [0.25, 0.3) is 0 Å². The molecule has 4 atom stereocenters. The lowest BCUT2D eigenvalue weighted by Crippen LogP contribution is -2.12. The molecule has 0 aliphatic carbocycles. The second-order valence-corrected chi connectivity index (χ2v) is 36.4. The number of rotatable bonds is 26. The Morgan fingerprint density at radius 1 is 0.295 bits per heavy atom. The molecular formula is C108H100F14N2O7S. The summed E-state index contributed by atoms with van der Waals surface area (Å²) in [6, 6.07) is 64.4. The van der Waals surface area contributed by atoms with Crippen LogP contribution in [0.15, 0.2) is 260 Å². The third kappa shape index (κ3) is 28.1. The van der Waals surface area contributed by atoms with Crippen LogP contribution in [0.3, 0.4) is 0 Å². The van der Waals surface area contributed by atoms with Crippen LogP contribution >= 0.6 is 0 Å².